The average Bonchev–Trinajstić information content (AvgIpc) is 2.82. The molecule has 0 saturated heterocycles. The lowest BCUT2D eigenvalue weighted by atomic mass is 10.1. The molecule has 1 aromatic heterocycles. The van der Waals surface area contributed by atoms with Crippen molar-refractivity contribution in [1.82, 2.24) is 9.55 Å². The Balaban J connectivity index is 2.55. The summed E-state index contributed by atoms with van der Waals surface area (Å²) in [5.41, 5.74) is 2.33. The van der Waals surface area contributed by atoms with Crippen LogP contribution in [0.2, 0.25) is 5.02 Å². The minimum atomic E-state index is -1.35. The Hall–Kier alpha value is -1.46. The number of rotatable bonds is 3. The van der Waals surface area contributed by atoms with Crippen LogP contribution < -0.4 is 0 Å². The predicted octanol–water partition coefficient (Wildman–Crippen LogP) is 3.37. The fraction of sp³-hybridized carbons (Fsp3) is 0.333. The smallest absolute Gasteiger partial charge is 0.145 e. The molecular formula is C15H18ClN3OS. The van der Waals surface area contributed by atoms with E-state index in [0.29, 0.717) is 10.7 Å². The molecule has 0 saturated carbocycles. The van der Waals surface area contributed by atoms with Crippen LogP contribution in [-0.2, 0) is 18.0 Å². The Kier molecular flexibility index (Phi) is 4.64. The third-order valence-electron chi connectivity index (χ3n) is 2.88. The van der Waals surface area contributed by atoms with Crippen molar-refractivity contribution in [2.24, 2.45) is 11.4 Å². The monoisotopic (exact) mass is 323 g/mol. The second-order valence-corrected chi connectivity index (χ2v) is 8.04. The van der Waals surface area contributed by atoms with Gasteiger partial charge in [0.2, 0.25) is 0 Å². The lowest BCUT2D eigenvalue weighted by Crippen LogP contribution is -2.22. The predicted molar refractivity (Wildman–Crippen MR) is 88.2 cm³/mol. The quantitative estimate of drug-likeness (QED) is 0.813. The summed E-state index contributed by atoms with van der Waals surface area (Å²) >= 11 is 5.93. The van der Waals surface area contributed by atoms with E-state index in [9.17, 15) is 4.21 Å². The van der Waals surface area contributed by atoms with Crippen LogP contribution >= 0.6 is 11.6 Å². The van der Waals surface area contributed by atoms with Gasteiger partial charge in [0.05, 0.1) is 23.0 Å². The maximum Gasteiger partial charge on any atom is 0.145 e. The van der Waals surface area contributed by atoms with Crippen LogP contribution in [0.15, 0.2) is 41.2 Å². The minimum absolute atomic E-state index is 0.420. The first kappa shape index (κ1) is 15.9. The van der Waals surface area contributed by atoms with Crippen LogP contribution in [0.3, 0.4) is 0 Å². The molecule has 6 heteroatoms. The topological polar surface area (TPSA) is 47.2 Å². The summed E-state index contributed by atoms with van der Waals surface area (Å²) in [6, 6.07) is 7.33. The third-order valence-corrected chi connectivity index (χ3v) is 4.52. The van der Waals surface area contributed by atoms with Crippen molar-refractivity contribution in [2.45, 2.75) is 25.5 Å². The lowest BCUT2D eigenvalue weighted by Gasteiger charge is -2.15. The van der Waals surface area contributed by atoms with Crippen LogP contribution in [0.25, 0.3) is 0 Å². The van der Waals surface area contributed by atoms with Crippen molar-refractivity contribution in [2.75, 3.05) is 0 Å². The molecule has 112 valence electrons. The summed E-state index contributed by atoms with van der Waals surface area (Å²) in [7, 11) is 0.530. The first-order chi connectivity index (χ1) is 9.79. The van der Waals surface area contributed by atoms with Crippen molar-refractivity contribution in [3.63, 3.8) is 0 Å². The van der Waals surface area contributed by atoms with Gasteiger partial charge in [0.15, 0.2) is 0 Å². The van der Waals surface area contributed by atoms with Gasteiger partial charge in [-0.25, -0.2) is 9.19 Å². The zero-order valence-corrected chi connectivity index (χ0v) is 14.1. The Bertz CT molecular complexity index is 684. The number of benzene rings is 1. The van der Waals surface area contributed by atoms with Gasteiger partial charge in [-0.1, -0.05) is 23.7 Å². The van der Waals surface area contributed by atoms with Crippen LogP contribution in [0.5, 0.6) is 0 Å². The molecule has 0 aliphatic carbocycles. The molecule has 0 N–H and O–H groups in total. The maximum atomic E-state index is 12.4. The van der Waals surface area contributed by atoms with E-state index in [1.165, 1.54) is 0 Å². The highest BCUT2D eigenvalue weighted by Gasteiger charge is 2.21. The van der Waals surface area contributed by atoms with Gasteiger partial charge in [0.25, 0.3) is 0 Å². The number of aromatic nitrogens is 2. The summed E-state index contributed by atoms with van der Waals surface area (Å²) in [6.07, 6.45) is 3.41. The van der Waals surface area contributed by atoms with Crippen LogP contribution in [0, 0.1) is 0 Å². The molecule has 0 fully saturated rings. The van der Waals surface area contributed by atoms with Gasteiger partial charge in [0, 0.05) is 17.6 Å². The molecule has 0 aliphatic heterocycles. The zero-order valence-electron chi connectivity index (χ0n) is 12.5. The van der Waals surface area contributed by atoms with E-state index in [4.69, 9.17) is 11.6 Å². The normalized spacial score (nSPS) is 14.2. The van der Waals surface area contributed by atoms with Gasteiger partial charge in [0.1, 0.15) is 16.7 Å². The molecular weight excluding hydrogens is 306 g/mol. The fourth-order valence-electron chi connectivity index (χ4n) is 1.66. The largest absolute Gasteiger partial charge is 0.332 e. The number of aryl methyl sites for hydroxylation is 1. The van der Waals surface area contributed by atoms with Crippen molar-refractivity contribution in [1.29, 1.82) is 0 Å². The zero-order chi connectivity index (χ0) is 15.6. The SMILES string of the molecule is Cn1cncc1/C(=N\S(=O)C(C)(C)C)c1ccc(Cl)cc1. The molecule has 1 unspecified atom stereocenters. The summed E-state index contributed by atoms with van der Waals surface area (Å²) in [6.45, 7) is 5.69. The molecule has 0 amide bonds. The number of hydrogen-bond acceptors (Lipinski definition) is 2. The van der Waals surface area contributed by atoms with Crippen LogP contribution in [-0.4, -0.2) is 24.2 Å². The molecule has 21 heavy (non-hydrogen) atoms. The number of imidazole rings is 1. The minimum Gasteiger partial charge on any atom is -0.332 e. The second-order valence-electron chi connectivity index (χ2n) is 5.70. The Morgan fingerprint density at radius 1 is 1.29 bits per heavy atom. The van der Waals surface area contributed by atoms with Crippen molar-refractivity contribution >= 4 is 28.3 Å². The van der Waals surface area contributed by atoms with Crippen molar-refractivity contribution in [3.8, 4) is 0 Å². The molecule has 2 aromatic rings. The first-order valence-electron chi connectivity index (χ1n) is 6.52. The summed E-state index contributed by atoms with van der Waals surface area (Å²) in [5.74, 6) is 0. The highest BCUT2D eigenvalue weighted by atomic mass is 35.5. The van der Waals surface area contributed by atoms with Crippen LogP contribution in [0.4, 0.5) is 0 Å². The van der Waals surface area contributed by atoms with Crippen LogP contribution in [0.1, 0.15) is 32.0 Å². The number of halogens is 1. The lowest BCUT2D eigenvalue weighted by molar-refractivity contribution is 0.650. The standard InChI is InChI=1S/C15H18ClN3OS/c1-15(2,3)21(20)18-14(13-9-17-10-19(13)4)11-5-7-12(16)8-6-11/h5-10H,1-4H3/b18-14-. The highest BCUT2D eigenvalue weighted by Crippen LogP contribution is 2.18. The fourth-order valence-corrected chi connectivity index (χ4v) is 2.42. The van der Waals surface area contributed by atoms with E-state index in [0.717, 1.165) is 11.3 Å². The molecule has 0 spiro atoms. The molecule has 4 nitrogen and oxygen atoms in total. The Morgan fingerprint density at radius 3 is 2.38 bits per heavy atom. The van der Waals surface area contributed by atoms with E-state index in [1.54, 1.807) is 24.7 Å². The number of nitrogens with zero attached hydrogens (tertiary/aromatic N) is 3. The molecule has 2 rings (SSSR count). The Labute approximate surface area is 132 Å². The van der Waals surface area contributed by atoms with Gasteiger partial charge >= 0.3 is 0 Å². The molecule has 0 bridgehead atoms. The summed E-state index contributed by atoms with van der Waals surface area (Å²) in [5, 5.41) is 0.653. The van der Waals surface area contributed by atoms with Gasteiger partial charge in [-0.3, -0.25) is 0 Å². The third kappa shape index (κ3) is 3.80. The van der Waals surface area contributed by atoms with E-state index in [2.05, 4.69) is 9.38 Å². The maximum absolute atomic E-state index is 12.4. The van der Waals surface area contributed by atoms with Gasteiger partial charge in [-0.05, 0) is 32.9 Å². The van der Waals surface area contributed by atoms with E-state index in [-0.39, 0.29) is 0 Å². The van der Waals surface area contributed by atoms with E-state index < -0.39 is 15.7 Å². The molecule has 1 aromatic carbocycles. The number of hydrogen-bond donors (Lipinski definition) is 0. The summed E-state index contributed by atoms with van der Waals surface area (Å²) in [4.78, 5) is 4.11. The van der Waals surface area contributed by atoms with Gasteiger partial charge in [-0.2, -0.15) is 4.40 Å². The van der Waals surface area contributed by atoms with Crippen molar-refractivity contribution in [3.05, 3.63) is 53.1 Å². The second kappa shape index (κ2) is 6.12. The molecule has 1 heterocycles. The average molecular weight is 324 g/mol. The Morgan fingerprint density at radius 2 is 1.90 bits per heavy atom. The van der Waals surface area contributed by atoms with Gasteiger partial charge in [-0.15, -0.1) is 0 Å². The highest BCUT2D eigenvalue weighted by molar-refractivity contribution is 7.85. The van der Waals surface area contributed by atoms with Crippen molar-refractivity contribution < 1.29 is 4.21 Å². The van der Waals surface area contributed by atoms with E-state index in [1.807, 2.05) is 44.5 Å². The molecule has 0 radical (unpaired) electrons. The molecule has 1 atom stereocenters. The molecule has 0 aliphatic rings. The first-order valence-corrected chi connectivity index (χ1v) is 8.01. The van der Waals surface area contributed by atoms with Gasteiger partial charge < -0.3 is 4.57 Å². The van der Waals surface area contributed by atoms with E-state index >= 15 is 0 Å². The summed E-state index contributed by atoms with van der Waals surface area (Å²) < 4.78 is 18.3.